The summed E-state index contributed by atoms with van der Waals surface area (Å²) in [4.78, 5) is 49.4. The van der Waals surface area contributed by atoms with Gasteiger partial charge in [0.2, 0.25) is 11.8 Å². The molecule has 0 bridgehead atoms. The van der Waals surface area contributed by atoms with Gasteiger partial charge >= 0.3 is 11.9 Å². The Morgan fingerprint density at radius 3 is 2.30 bits per heavy atom. The number of carbonyl (C=O) groups is 4. The SMILES string of the molecule is COC(=O)c1ccc(C2NC(Cc3ccccc3)(C(=O)O)C3C(=O)NC(=O)C23)cc1. The number of aliphatic carboxylic acids is 1. The van der Waals surface area contributed by atoms with Crippen molar-refractivity contribution in [3.8, 4) is 0 Å². The Kier molecular flexibility index (Phi) is 4.87. The Hall–Kier alpha value is -3.52. The summed E-state index contributed by atoms with van der Waals surface area (Å²) in [5.74, 6) is -4.73. The van der Waals surface area contributed by atoms with Gasteiger partial charge in [0.05, 0.1) is 24.5 Å². The first-order chi connectivity index (χ1) is 14.4. The van der Waals surface area contributed by atoms with Crippen LogP contribution in [0.5, 0.6) is 0 Å². The van der Waals surface area contributed by atoms with Crippen molar-refractivity contribution in [2.24, 2.45) is 11.8 Å². The van der Waals surface area contributed by atoms with E-state index in [0.29, 0.717) is 11.1 Å². The number of benzene rings is 2. The number of ether oxygens (including phenoxy) is 1. The molecule has 0 saturated carbocycles. The van der Waals surface area contributed by atoms with Crippen LogP contribution in [0, 0.1) is 11.8 Å². The normalized spacial score (nSPS) is 27.4. The monoisotopic (exact) mass is 408 g/mol. The number of amides is 2. The molecule has 4 unspecified atom stereocenters. The third-order valence-electron chi connectivity index (χ3n) is 5.89. The average molecular weight is 408 g/mol. The lowest BCUT2D eigenvalue weighted by molar-refractivity contribution is -0.149. The zero-order valence-corrected chi connectivity index (χ0v) is 16.1. The third kappa shape index (κ3) is 3.05. The van der Waals surface area contributed by atoms with Crippen molar-refractivity contribution in [1.29, 1.82) is 0 Å². The number of nitrogens with one attached hydrogen (secondary N) is 2. The number of hydrogen-bond acceptors (Lipinski definition) is 6. The smallest absolute Gasteiger partial charge is 0.337 e. The number of hydrogen-bond donors (Lipinski definition) is 3. The van der Waals surface area contributed by atoms with Gasteiger partial charge in [-0.05, 0) is 23.3 Å². The van der Waals surface area contributed by atoms with Gasteiger partial charge in [0.15, 0.2) is 0 Å². The van der Waals surface area contributed by atoms with Crippen molar-refractivity contribution in [2.45, 2.75) is 18.0 Å². The van der Waals surface area contributed by atoms with Gasteiger partial charge in [0, 0.05) is 12.5 Å². The van der Waals surface area contributed by atoms with Gasteiger partial charge in [-0.25, -0.2) is 4.79 Å². The molecule has 4 atom stereocenters. The Morgan fingerprint density at radius 1 is 1.03 bits per heavy atom. The van der Waals surface area contributed by atoms with E-state index in [0.717, 1.165) is 5.56 Å². The van der Waals surface area contributed by atoms with E-state index in [1.165, 1.54) is 7.11 Å². The second-order valence-electron chi connectivity index (χ2n) is 7.53. The van der Waals surface area contributed by atoms with E-state index in [2.05, 4.69) is 10.6 Å². The maximum absolute atomic E-state index is 12.6. The molecule has 2 aromatic rings. The van der Waals surface area contributed by atoms with Gasteiger partial charge in [0.25, 0.3) is 0 Å². The topological polar surface area (TPSA) is 122 Å². The van der Waals surface area contributed by atoms with Gasteiger partial charge in [-0.15, -0.1) is 0 Å². The van der Waals surface area contributed by atoms with Crippen LogP contribution in [0.4, 0.5) is 0 Å². The van der Waals surface area contributed by atoms with Crippen LogP contribution in [0.25, 0.3) is 0 Å². The lowest BCUT2D eigenvalue weighted by Gasteiger charge is -2.30. The first kappa shape index (κ1) is 19.8. The molecule has 2 fully saturated rings. The summed E-state index contributed by atoms with van der Waals surface area (Å²) < 4.78 is 4.69. The van der Waals surface area contributed by atoms with E-state index in [1.807, 2.05) is 6.07 Å². The average Bonchev–Trinajstić information content (AvgIpc) is 3.25. The molecule has 0 aliphatic carbocycles. The van der Waals surface area contributed by atoms with Crippen LogP contribution in [-0.2, 0) is 25.5 Å². The maximum Gasteiger partial charge on any atom is 0.337 e. The lowest BCUT2D eigenvalue weighted by atomic mass is 9.76. The highest BCUT2D eigenvalue weighted by Gasteiger charge is 2.66. The molecule has 8 heteroatoms. The number of carboxylic acids is 1. The van der Waals surface area contributed by atoms with Crippen LogP contribution in [-0.4, -0.2) is 41.5 Å². The molecule has 3 N–H and O–H groups in total. The van der Waals surface area contributed by atoms with Crippen molar-refractivity contribution in [2.75, 3.05) is 7.11 Å². The number of rotatable bonds is 5. The summed E-state index contributed by atoms with van der Waals surface area (Å²) >= 11 is 0. The molecule has 2 heterocycles. The molecule has 8 nitrogen and oxygen atoms in total. The fourth-order valence-corrected chi connectivity index (χ4v) is 4.51. The third-order valence-corrected chi connectivity index (χ3v) is 5.89. The van der Waals surface area contributed by atoms with E-state index < -0.39 is 47.2 Å². The Bertz CT molecular complexity index is 1020. The summed E-state index contributed by atoms with van der Waals surface area (Å²) in [5, 5.41) is 15.6. The highest BCUT2D eigenvalue weighted by Crippen LogP contribution is 2.47. The molecule has 154 valence electrons. The largest absolute Gasteiger partial charge is 0.480 e. The van der Waals surface area contributed by atoms with E-state index in [9.17, 15) is 24.3 Å². The van der Waals surface area contributed by atoms with Crippen LogP contribution in [0.3, 0.4) is 0 Å². The molecule has 2 aliphatic heterocycles. The van der Waals surface area contributed by atoms with Crippen LogP contribution < -0.4 is 10.6 Å². The maximum atomic E-state index is 12.6. The van der Waals surface area contributed by atoms with Crippen LogP contribution in [0.1, 0.15) is 27.5 Å². The summed E-state index contributed by atoms with van der Waals surface area (Å²) in [5.41, 5.74) is 0.0312. The van der Waals surface area contributed by atoms with E-state index in [1.54, 1.807) is 48.5 Å². The molecule has 0 aromatic heterocycles. The molecule has 2 amide bonds. The lowest BCUT2D eigenvalue weighted by Crippen LogP contribution is -2.57. The minimum Gasteiger partial charge on any atom is -0.480 e. The van der Waals surface area contributed by atoms with Crippen LogP contribution in [0.15, 0.2) is 54.6 Å². The van der Waals surface area contributed by atoms with Gasteiger partial charge in [0.1, 0.15) is 5.54 Å². The number of carbonyl (C=O) groups excluding carboxylic acids is 3. The molecule has 0 spiro atoms. The minimum atomic E-state index is -1.64. The Balaban J connectivity index is 1.76. The zero-order chi connectivity index (χ0) is 21.5. The zero-order valence-electron chi connectivity index (χ0n) is 16.1. The molecular weight excluding hydrogens is 388 g/mol. The molecule has 4 rings (SSSR count). The van der Waals surface area contributed by atoms with Crippen molar-refractivity contribution in [3.63, 3.8) is 0 Å². The quantitative estimate of drug-likeness (QED) is 0.500. The van der Waals surface area contributed by atoms with Crippen molar-refractivity contribution < 1.29 is 29.0 Å². The van der Waals surface area contributed by atoms with Gasteiger partial charge in [-0.3, -0.25) is 25.0 Å². The Morgan fingerprint density at radius 2 is 1.70 bits per heavy atom. The second-order valence-corrected chi connectivity index (χ2v) is 7.53. The van der Waals surface area contributed by atoms with Gasteiger partial charge in [-0.2, -0.15) is 0 Å². The van der Waals surface area contributed by atoms with Crippen molar-refractivity contribution in [3.05, 3.63) is 71.3 Å². The first-order valence-corrected chi connectivity index (χ1v) is 9.45. The second kappa shape index (κ2) is 7.38. The van der Waals surface area contributed by atoms with Gasteiger partial charge < -0.3 is 9.84 Å². The summed E-state index contributed by atoms with van der Waals surface area (Å²) in [6.07, 6.45) is 0.0434. The van der Waals surface area contributed by atoms with E-state index >= 15 is 0 Å². The number of esters is 1. The van der Waals surface area contributed by atoms with Crippen molar-refractivity contribution >= 4 is 23.8 Å². The van der Waals surface area contributed by atoms with E-state index in [-0.39, 0.29) is 6.42 Å². The molecule has 2 aromatic carbocycles. The number of carboxylic acid groups (broad SMARTS) is 1. The highest BCUT2D eigenvalue weighted by atomic mass is 16.5. The van der Waals surface area contributed by atoms with E-state index in [4.69, 9.17) is 4.74 Å². The first-order valence-electron chi connectivity index (χ1n) is 9.45. The number of fused-ring (bicyclic) bond motifs is 1. The molecule has 2 saturated heterocycles. The fourth-order valence-electron chi connectivity index (χ4n) is 4.51. The highest BCUT2D eigenvalue weighted by molar-refractivity contribution is 6.09. The predicted molar refractivity (Wildman–Crippen MR) is 104 cm³/mol. The Labute approximate surface area is 172 Å². The molecule has 0 radical (unpaired) electrons. The molecule has 2 aliphatic rings. The predicted octanol–water partition coefficient (Wildman–Crippen LogP) is 1.07. The van der Waals surface area contributed by atoms with Crippen molar-refractivity contribution in [1.82, 2.24) is 10.6 Å². The molecule has 30 heavy (non-hydrogen) atoms. The van der Waals surface area contributed by atoms with Crippen LogP contribution in [0.2, 0.25) is 0 Å². The molecular formula is C22H20N2O6. The number of methoxy groups -OCH3 is 1. The van der Waals surface area contributed by atoms with Gasteiger partial charge in [-0.1, -0.05) is 42.5 Å². The summed E-state index contributed by atoms with van der Waals surface area (Å²) in [6.45, 7) is 0. The minimum absolute atomic E-state index is 0.0434. The summed E-state index contributed by atoms with van der Waals surface area (Å²) in [7, 11) is 1.28. The fraction of sp³-hybridized carbons (Fsp3) is 0.273. The standard InChI is InChI=1S/C22H20N2O6/c1-30-20(27)14-9-7-13(8-10-14)17-15-16(19(26)23-18(15)25)22(24-17,21(28)29)11-12-5-3-2-4-6-12/h2-10,15-17,24H,11H2,1H3,(H,28,29)(H,23,25,26). The number of imide groups is 1. The van der Waals surface area contributed by atoms with Crippen LogP contribution >= 0.6 is 0 Å². The summed E-state index contributed by atoms with van der Waals surface area (Å²) in [6, 6.07) is 14.6.